The number of hydrogen-bond acceptors (Lipinski definition) is 3. The van der Waals surface area contributed by atoms with E-state index in [-0.39, 0.29) is 6.10 Å². The first-order valence-electron chi connectivity index (χ1n) is 7.31. The van der Waals surface area contributed by atoms with Gasteiger partial charge in [0.1, 0.15) is 0 Å². The molecule has 0 aromatic heterocycles. The Morgan fingerprint density at radius 1 is 1.32 bits per heavy atom. The number of carbonyl (C=O) groups is 1. The van der Waals surface area contributed by atoms with Crippen molar-refractivity contribution in [3.63, 3.8) is 0 Å². The monoisotopic (exact) mass is 257 g/mol. The van der Waals surface area contributed by atoms with Crippen LogP contribution in [0.2, 0.25) is 0 Å². The highest BCUT2D eigenvalue weighted by molar-refractivity contribution is 6.01. The predicted molar refractivity (Wildman–Crippen MR) is 73.7 cm³/mol. The Morgan fingerprint density at radius 3 is 2.95 bits per heavy atom. The lowest BCUT2D eigenvalue weighted by atomic mass is 9.82. The number of aliphatic hydroxyl groups is 1. The quantitative estimate of drug-likeness (QED) is 0.884. The minimum atomic E-state index is -0.0773. The molecule has 1 saturated carbocycles. The number of anilines is 1. The van der Waals surface area contributed by atoms with Crippen molar-refractivity contribution in [1.29, 1.82) is 0 Å². The number of ketones is 1. The molecule has 0 bridgehead atoms. The van der Waals surface area contributed by atoms with Crippen LogP contribution < -0.4 is 4.90 Å². The third-order valence-electron chi connectivity index (χ3n) is 4.98. The van der Waals surface area contributed by atoms with E-state index >= 15 is 0 Å². The van der Waals surface area contributed by atoms with E-state index in [1.54, 1.807) is 0 Å². The highest BCUT2D eigenvalue weighted by atomic mass is 16.3. The summed E-state index contributed by atoms with van der Waals surface area (Å²) in [5.41, 5.74) is 3.54. The number of nitrogens with zero attached hydrogens (tertiary/aromatic N) is 1. The highest BCUT2D eigenvalue weighted by Crippen LogP contribution is 2.45. The van der Waals surface area contributed by atoms with Gasteiger partial charge in [0, 0.05) is 36.7 Å². The molecule has 1 atom stereocenters. The fourth-order valence-electron chi connectivity index (χ4n) is 3.97. The van der Waals surface area contributed by atoms with Crippen molar-refractivity contribution in [2.45, 2.75) is 37.7 Å². The van der Waals surface area contributed by atoms with E-state index in [1.165, 1.54) is 11.3 Å². The Morgan fingerprint density at radius 2 is 2.16 bits per heavy atom. The molecule has 2 aliphatic carbocycles. The molecule has 1 heterocycles. The molecule has 1 aromatic carbocycles. The minimum Gasteiger partial charge on any atom is -0.393 e. The van der Waals surface area contributed by atoms with Crippen LogP contribution in [0, 0.1) is 5.92 Å². The fraction of sp³-hybridized carbons (Fsp3) is 0.562. The van der Waals surface area contributed by atoms with Crippen LogP contribution in [0.25, 0.3) is 0 Å². The molecular formula is C16H19NO2. The zero-order valence-corrected chi connectivity index (χ0v) is 11.0. The van der Waals surface area contributed by atoms with Gasteiger partial charge in [0.15, 0.2) is 5.78 Å². The Labute approximate surface area is 113 Å². The summed E-state index contributed by atoms with van der Waals surface area (Å²) >= 11 is 0. The maximum absolute atomic E-state index is 12.0. The van der Waals surface area contributed by atoms with Gasteiger partial charge in [-0.25, -0.2) is 0 Å². The third kappa shape index (κ3) is 1.71. The average molecular weight is 257 g/mol. The lowest BCUT2D eigenvalue weighted by Gasteiger charge is -2.35. The number of benzene rings is 1. The molecule has 3 nitrogen and oxygen atoms in total. The lowest BCUT2D eigenvalue weighted by molar-refractivity contribution is 0.0461. The predicted octanol–water partition coefficient (Wildman–Crippen LogP) is 2.34. The van der Waals surface area contributed by atoms with E-state index in [1.807, 2.05) is 12.1 Å². The number of aliphatic hydroxyl groups excluding tert-OH is 1. The molecular weight excluding hydrogens is 238 g/mol. The van der Waals surface area contributed by atoms with Crippen LogP contribution in [-0.2, 0) is 0 Å². The Balaban J connectivity index is 1.64. The number of Topliss-reactive ketones (excluding diaryl/α,β-unsaturated/α-hetero) is 1. The molecule has 1 aromatic rings. The molecule has 0 spiro atoms. The molecule has 3 heteroatoms. The van der Waals surface area contributed by atoms with Crippen molar-refractivity contribution >= 4 is 11.5 Å². The Hall–Kier alpha value is -1.35. The van der Waals surface area contributed by atoms with E-state index in [4.69, 9.17) is 0 Å². The number of hydrogen-bond donors (Lipinski definition) is 1. The number of rotatable bonds is 2. The molecule has 1 N–H and O–H groups in total. The van der Waals surface area contributed by atoms with E-state index in [0.717, 1.165) is 37.9 Å². The van der Waals surface area contributed by atoms with Crippen molar-refractivity contribution in [3.05, 3.63) is 29.3 Å². The van der Waals surface area contributed by atoms with E-state index in [9.17, 15) is 9.90 Å². The molecule has 1 unspecified atom stereocenters. The highest BCUT2D eigenvalue weighted by Gasteiger charge is 2.38. The summed E-state index contributed by atoms with van der Waals surface area (Å²) in [6.07, 6.45) is 3.51. The minimum absolute atomic E-state index is 0.0773. The SMILES string of the molecule is O=C1CCC2CN(CC3CC(O)C3)c3cccc1c32. The molecule has 19 heavy (non-hydrogen) atoms. The standard InChI is InChI=1S/C16H19NO2/c18-12-6-10(7-12)8-17-9-11-4-5-15(19)13-2-1-3-14(17)16(11)13/h1-3,10-12,18H,4-9H2. The van der Waals surface area contributed by atoms with Gasteiger partial charge in [0.05, 0.1) is 6.10 Å². The summed E-state index contributed by atoms with van der Waals surface area (Å²) in [5.74, 6) is 1.49. The molecule has 1 aliphatic heterocycles. The summed E-state index contributed by atoms with van der Waals surface area (Å²) in [5, 5.41) is 9.41. The van der Waals surface area contributed by atoms with Crippen molar-refractivity contribution in [2.75, 3.05) is 18.0 Å². The zero-order valence-electron chi connectivity index (χ0n) is 11.0. The van der Waals surface area contributed by atoms with Gasteiger partial charge < -0.3 is 10.0 Å². The Bertz CT molecular complexity index is 534. The fourth-order valence-corrected chi connectivity index (χ4v) is 3.97. The molecule has 1 fully saturated rings. The van der Waals surface area contributed by atoms with Crippen molar-refractivity contribution in [1.82, 2.24) is 0 Å². The number of carbonyl (C=O) groups excluding carboxylic acids is 1. The molecule has 4 rings (SSSR count). The summed E-state index contributed by atoms with van der Waals surface area (Å²) in [6, 6.07) is 6.17. The van der Waals surface area contributed by atoms with Crippen LogP contribution in [-0.4, -0.2) is 30.1 Å². The van der Waals surface area contributed by atoms with Gasteiger partial charge >= 0.3 is 0 Å². The zero-order chi connectivity index (χ0) is 13.0. The maximum Gasteiger partial charge on any atom is 0.163 e. The molecule has 0 amide bonds. The van der Waals surface area contributed by atoms with Crippen LogP contribution >= 0.6 is 0 Å². The molecule has 3 aliphatic rings. The largest absolute Gasteiger partial charge is 0.393 e. The van der Waals surface area contributed by atoms with Crippen LogP contribution in [0.1, 0.15) is 47.5 Å². The second kappa shape index (κ2) is 4.07. The lowest BCUT2D eigenvalue weighted by Crippen LogP contribution is -2.38. The van der Waals surface area contributed by atoms with Crippen molar-refractivity contribution in [3.8, 4) is 0 Å². The van der Waals surface area contributed by atoms with Gasteiger partial charge in [-0.3, -0.25) is 4.79 Å². The van der Waals surface area contributed by atoms with E-state index < -0.39 is 0 Å². The van der Waals surface area contributed by atoms with Crippen molar-refractivity contribution in [2.24, 2.45) is 5.92 Å². The first-order chi connectivity index (χ1) is 9.22. The van der Waals surface area contributed by atoms with Gasteiger partial charge in [0.2, 0.25) is 0 Å². The normalized spacial score (nSPS) is 32.2. The van der Waals surface area contributed by atoms with Crippen LogP contribution in [0.3, 0.4) is 0 Å². The molecule has 100 valence electrons. The maximum atomic E-state index is 12.0. The first-order valence-corrected chi connectivity index (χ1v) is 7.31. The van der Waals surface area contributed by atoms with Crippen LogP contribution in [0.5, 0.6) is 0 Å². The smallest absolute Gasteiger partial charge is 0.163 e. The van der Waals surface area contributed by atoms with E-state index in [2.05, 4.69) is 11.0 Å². The summed E-state index contributed by atoms with van der Waals surface area (Å²) < 4.78 is 0. The third-order valence-corrected chi connectivity index (χ3v) is 4.98. The Kier molecular flexibility index (Phi) is 2.46. The van der Waals surface area contributed by atoms with Gasteiger partial charge in [-0.15, -0.1) is 0 Å². The van der Waals surface area contributed by atoms with Gasteiger partial charge in [0.25, 0.3) is 0 Å². The molecule has 0 radical (unpaired) electrons. The van der Waals surface area contributed by atoms with Gasteiger partial charge in [-0.1, -0.05) is 12.1 Å². The van der Waals surface area contributed by atoms with Gasteiger partial charge in [-0.2, -0.15) is 0 Å². The first kappa shape index (κ1) is 11.5. The van der Waals surface area contributed by atoms with E-state index in [0.29, 0.717) is 24.0 Å². The summed E-state index contributed by atoms with van der Waals surface area (Å²) in [7, 11) is 0. The van der Waals surface area contributed by atoms with Gasteiger partial charge in [-0.05, 0) is 36.8 Å². The molecule has 0 saturated heterocycles. The van der Waals surface area contributed by atoms with Crippen LogP contribution in [0.15, 0.2) is 18.2 Å². The van der Waals surface area contributed by atoms with Crippen molar-refractivity contribution < 1.29 is 9.90 Å². The topological polar surface area (TPSA) is 40.5 Å². The second-order valence-electron chi connectivity index (χ2n) is 6.29. The summed E-state index contributed by atoms with van der Waals surface area (Å²) in [6.45, 7) is 2.10. The summed E-state index contributed by atoms with van der Waals surface area (Å²) in [4.78, 5) is 14.4. The second-order valence-corrected chi connectivity index (χ2v) is 6.29. The van der Waals surface area contributed by atoms with Crippen LogP contribution in [0.4, 0.5) is 5.69 Å². The average Bonchev–Trinajstić information content (AvgIpc) is 2.72.